The number of rotatable bonds is 6. The number of thiophene rings is 1. The number of fused-ring (bicyclic) bond motifs is 1. The lowest BCUT2D eigenvalue weighted by atomic mass is 10.1. The molecular weight excluding hydrogens is 432 g/mol. The van der Waals surface area contributed by atoms with Crippen LogP contribution in [-0.2, 0) is 6.54 Å². The van der Waals surface area contributed by atoms with Crippen molar-refractivity contribution in [2.75, 3.05) is 23.8 Å². The van der Waals surface area contributed by atoms with E-state index < -0.39 is 10.6 Å². The number of benzene rings is 1. The summed E-state index contributed by atoms with van der Waals surface area (Å²) in [6.07, 6.45) is 4.15. The van der Waals surface area contributed by atoms with Crippen LogP contribution in [0.5, 0.6) is 0 Å². The fraction of sp³-hybridized carbons (Fsp3) is 0.286. The molecule has 1 aliphatic rings. The second-order valence-corrected chi connectivity index (χ2v) is 11.1. The molecule has 0 amide bonds. The average Bonchev–Trinajstić information content (AvgIpc) is 3.45. The number of hydrogen-bond acceptors (Lipinski definition) is 8. The molecule has 1 fully saturated rings. The molecule has 0 saturated carbocycles. The van der Waals surface area contributed by atoms with Gasteiger partial charge in [0.05, 0.1) is 33.7 Å². The summed E-state index contributed by atoms with van der Waals surface area (Å²) in [5.74, 6) is 1.40. The standard InChI is InChI=1S/C21H24N6O2S2/c22-20-16-10-17(30-21(16)25-12-24-20)19-18(14-4-2-1-3-5-14)26-13-27(19)8-7-23-15-6-9-31(28,29)11-15/h1-5,10,12-13,15,23,28-29H,6-9,11H2,(H2,22,24,25). The molecular formula is C21H24N6O2S2. The maximum Gasteiger partial charge on any atom is 0.135 e. The van der Waals surface area contributed by atoms with Gasteiger partial charge in [0.2, 0.25) is 0 Å². The third kappa shape index (κ3) is 4.17. The molecule has 4 aromatic rings. The molecule has 1 atom stereocenters. The highest BCUT2D eigenvalue weighted by atomic mass is 32.3. The first-order valence-electron chi connectivity index (χ1n) is 10.1. The van der Waals surface area contributed by atoms with Gasteiger partial charge in [0.1, 0.15) is 17.0 Å². The van der Waals surface area contributed by atoms with Crippen molar-refractivity contribution in [1.29, 1.82) is 0 Å². The smallest absolute Gasteiger partial charge is 0.135 e. The first-order chi connectivity index (χ1) is 15.0. The Morgan fingerprint density at radius 1 is 1.19 bits per heavy atom. The lowest BCUT2D eigenvalue weighted by Crippen LogP contribution is -2.32. The van der Waals surface area contributed by atoms with Crippen LogP contribution in [-0.4, -0.2) is 52.7 Å². The van der Waals surface area contributed by atoms with E-state index in [2.05, 4.69) is 32.0 Å². The van der Waals surface area contributed by atoms with E-state index >= 15 is 0 Å². The molecule has 0 bridgehead atoms. The number of nitrogens with one attached hydrogen (secondary N) is 1. The van der Waals surface area contributed by atoms with E-state index in [1.807, 2.05) is 30.6 Å². The van der Waals surface area contributed by atoms with E-state index in [1.165, 1.54) is 6.33 Å². The van der Waals surface area contributed by atoms with E-state index in [0.29, 0.717) is 30.4 Å². The van der Waals surface area contributed by atoms with Gasteiger partial charge in [0.25, 0.3) is 0 Å². The normalized spacial score (nSPS) is 19.1. The highest BCUT2D eigenvalue weighted by molar-refractivity contribution is 8.24. The molecule has 3 aromatic heterocycles. The van der Waals surface area contributed by atoms with Gasteiger partial charge in [-0.3, -0.25) is 9.11 Å². The van der Waals surface area contributed by atoms with Crippen LogP contribution >= 0.6 is 21.9 Å². The predicted octanol–water partition coefficient (Wildman–Crippen LogP) is 3.92. The molecule has 0 aliphatic carbocycles. The fourth-order valence-electron chi connectivity index (χ4n) is 3.98. The third-order valence-electron chi connectivity index (χ3n) is 5.53. The number of nitrogens with zero attached hydrogens (tertiary/aromatic N) is 4. The zero-order valence-corrected chi connectivity index (χ0v) is 18.4. The summed E-state index contributed by atoms with van der Waals surface area (Å²) in [7, 11) is -2.40. The van der Waals surface area contributed by atoms with E-state index in [1.54, 1.807) is 11.3 Å². The minimum Gasteiger partial charge on any atom is -0.383 e. The van der Waals surface area contributed by atoms with Crippen LogP contribution in [0.4, 0.5) is 5.82 Å². The van der Waals surface area contributed by atoms with Gasteiger partial charge in [0, 0.05) is 30.4 Å². The van der Waals surface area contributed by atoms with Crippen LogP contribution in [0.1, 0.15) is 6.42 Å². The van der Waals surface area contributed by atoms with Gasteiger partial charge < -0.3 is 15.6 Å². The van der Waals surface area contributed by atoms with Crippen molar-refractivity contribution in [2.45, 2.75) is 19.0 Å². The average molecular weight is 457 g/mol. The van der Waals surface area contributed by atoms with Crippen LogP contribution < -0.4 is 11.1 Å². The Bertz CT molecular complexity index is 1210. The zero-order valence-electron chi connectivity index (χ0n) is 16.8. The van der Waals surface area contributed by atoms with Gasteiger partial charge >= 0.3 is 0 Å². The Morgan fingerprint density at radius 3 is 2.77 bits per heavy atom. The summed E-state index contributed by atoms with van der Waals surface area (Å²) in [5, 5.41) is 4.31. The summed E-state index contributed by atoms with van der Waals surface area (Å²) >= 11 is 1.58. The molecule has 5 N–H and O–H groups in total. The van der Waals surface area contributed by atoms with Gasteiger partial charge in [0.15, 0.2) is 0 Å². The second kappa shape index (κ2) is 8.21. The maximum atomic E-state index is 9.86. The first kappa shape index (κ1) is 20.4. The Kier molecular flexibility index (Phi) is 5.40. The van der Waals surface area contributed by atoms with Crippen molar-refractivity contribution < 1.29 is 9.11 Å². The van der Waals surface area contributed by atoms with E-state index in [-0.39, 0.29) is 6.04 Å². The molecule has 8 nitrogen and oxygen atoms in total. The lowest BCUT2D eigenvalue weighted by Gasteiger charge is -2.26. The summed E-state index contributed by atoms with van der Waals surface area (Å²) in [6.45, 7) is 1.42. The first-order valence-corrected chi connectivity index (χ1v) is 12.8. The highest BCUT2D eigenvalue weighted by Gasteiger charge is 2.27. The quantitative estimate of drug-likeness (QED) is 0.347. The molecule has 1 unspecified atom stereocenters. The van der Waals surface area contributed by atoms with Crippen molar-refractivity contribution in [3.05, 3.63) is 49.1 Å². The van der Waals surface area contributed by atoms with Crippen LogP contribution in [0.3, 0.4) is 0 Å². The van der Waals surface area contributed by atoms with Gasteiger partial charge in [-0.1, -0.05) is 30.3 Å². The van der Waals surface area contributed by atoms with Gasteiger partial charge in [-0.2, -0.15) is 10.6 Å². The number of aromatic nitrogens is 4. The van der Waals surface area contributed by atoms with Crippen molar-refractivity contribution in [1.82, 2.24) is 24.8 Å². The molecule has 0 spiro atoms. The molecule has 10 heteroatoms. The number of nitrogen functional groups attached to an aromatic ring is 1. The number of hydrogen-bond donors (Lipinski definition) is 4. The van der Waals surface area contributed by atoms with Crippen molar-refractivity contribution in [2.24, 2.45) is 0 Å². The third-order valence-corrected chi connectivity index (χ3v) is 8.40. The largest absolute Gasteiger partial charge is 0.383 e. The van der Waals surface area contributed by atoms with Crippen LogP contribution in [0.25, 0.3) is 32.0 Å². The summed E-state index contributed by atoms with van der Waals surface area (Å²) in [4.78, 5) is 15.1. The molecule has 4 heterocycles. The monoisotopic (exact) mass is 456 g/mol. The van der Waals surface area contributed by atoms with Crippen molar-refractivity contribution in [3.8, 4) is 21.8 Å². The topological polar surface area (TPSA) is 122 Å². The van der Waals surface area contributed by atoms with Crippen LogP contribution in [0, 0.1) is 0 Å². The van der Waals surface area contributed by atoms with Crippen LogP contribution in [0.15, 0.2) is 49.1 Å². The van der Waals surface area contributed by atoms with E-state index in [0.717, 1.165) is 38.5 Å². The summed E-state index contributed by atoms with van der Waals surface area (Å²) in [5.41, 5.74) is 9.04. The summed E-state index contributed by atoms with van der Waals surface area (Å²) < 4.78 is 21.9. The van der Waals surface area contributed by atoms with Gasteiger partial charge in [-0.05, 0) is 12.5 Å². The zero-order chi connectivity index (χ0) is 21.4. The molecule has 1 aliphatic heterocycles. The minimum atomic E-state index is -2.40. The molecule has 1 saturated heterocycles. The highest BCUT2D eigenvalue weighted by Crippen LogP contribution is 2.45. The van der Waals surface area contributed by atoms with Crippen LogP contribution in [0.2, 0.25) is 0 Å². The Morgan fingerprint density at radius 2 is 2.03 bits per heavy atom. The Balaban J connectivity index is 1.47. The molecule has 1 aromatic carbocycles. The number of anilines is 1. The maximum absolute atomic E-state index is 9.86. The van der Waals surface area contributed by atoms with Gasteiger partial charge in [-0.25, -0.2) is 15.0 Å². The molecule has 5 rings (SSSR count). The Labute approximate surface area is 185 Å². The SMILES string of the molecule is Nc1ncnc2sc(-c3c(-c4ccccc4)ncn3CCNC3CCS(O)(O)C3)cc12. The van der Waals surface area contributed by atoms with Crippen molar-refractivity contribution in [3.63, 3.8) is 0 Å². The van der Waals surface area contributed by atoms with Crippen molar-refractivity contribution >= 4 is 38.0 Å². The summed E-state index contributed by atoms with van der Waals surface area (Å²) in [6, 6.07) is 12.3. The number of nitrogens with two attached hydrogens (primary N) is 1. The second-order valence-electron chi connectivity index (χ2n) is 7.70. The molecule has 0 radical (unpaired) electrons. The molecule has 31 heavy (non-hydrogen) atoms. The van der Waals surface area contributed by atoms with E-state index in [9.17, 15) is 9.11 Å². The lowest BCUT2D eigenvalue weighted by molar-refractivity contribution is 0.488. The molecule has 162 valence electrons. The fourth-order valence-corrected chi connectivity index (χ4v) is 6.80. The van der Waals surface area contributed by atoms with Gasteiger partial charge in [-0.15, -0.1) is 11.3 Å². The minimum absolute atomic E-state index is 0.143. The number of imidazole rings is 1. The van der Waals surface area contributed by atoms with E-state index in [4.69, 9.17) is 10.7 Å². The Hall–Kier alpha value is -2.50. The predicted molar refractivity (Wildman–Crippen MR) is 127 cm³/mol.